The van der Waals surface area contributed by atoms with Gasteiger partial charge in [0.2, 0.25) is 0 Å². The highest BCUT2D eigenvalue weighted by molar-refractivity contribution is 5.95. The van der Waals surface area contributed by atoms with E-state index in [1.165, 1.54) is 20.3 Å². The second-order valence-corrected chi connectivity index (χ2v) is 7.92. The summed E-state index contributed by atoms with van der Waals surface area (Å²) in [4.78, 5) is 26.5. The van der Waals surface area contributed by atoms with E-state index in [0.29, 0.717) is 22.7 Å². The Kier molecular flexibility index (Phi) is 8.89. The summed E-state index contributed by atoms with van der Waals surface area (Å²) in [5, 5.41) is 2.74. The Balaban J connectivity index is 1.55. The van der Waals surface area contributed by atoms with Crippen LogP contribution in [0.3, 0.4) is 0 Å². The highest BCUT2D eigenvalue weighted by Crippen LogP contribution is 2.31. The third-order valence-electron chi connectivity index (χ3n) is 5.16. The molecule has 0 aliphatic carbocycles. The van der Waals surface area contributed by atoms with Crippen molar-refractivity contribution < 1.29 is 23.8 Å². The molecule has 3 aromatic carbocycles. The molecule has 0 aliphatic heterocycles. The maximum absolute atomic E-state index is 12.3. The van der Waals surface area contributed by atoms with Gasteiger partial charge in [0.05, 0.1) is 14.2 Å². The van der Waals surface area contributed by atoms with Crippen LogP contribution >= 0.6 is 0 Å². The number of rotatable bonds is 10. The number of amides is 1. The Morgan fingerprint density at radius 3 is 2.20 bits per heavy atom. The van der Waals surface area contributed by atoms with Crippen molar-refractivity contribution in [2.45, 2.75) is 19.9 Å². The van der Waals surface area contributed by atoms with Crippen molar-refractivity contribution in [3.05, 3.63) is 84.4 Å². The number of hydrogen-bond donors (Lipinski definition) is 1. The second kappa shape index (κ2) is 12.3. The number of hydrogen-bond acceptors (Lipinski definition) is 6. The van der Waals surface area contributed by atoms with Gasteiger partial charge in [-0.05, 0) is 62.4 Å². The number of anilines is 3. The van der Waals surface area contributed by atoms with Crippen molar-refractivity contribution in [1.29, 1.82) is 0 Å². The van der Waals surface area contributed by atoms with Crippen LogP contribution in [0.15, 0.2) is 78.9 Å². The third kappa shape index (κ3) is 6.86. The number of benzene rings is 3. The molecular weight excluding hydrogens is 444 g/mol. The summed E-state index contributed by atoms with van der Waals surface area (Å²) < 4.78 is 15.6. The molecule has 0 radical (unpaired) electrons. The monoisotopic (exact) mass is 474 g/mol. The maximum atomic E-state index is 12.3. The normalized spacial score (nSPS) is 10.8. The van der Waals surface area contributed by atoms with Crippen LogP contribution < -0.4 is 19.7 Å². The van der Waals surface area contributed by atoms with Crippen molar-refractivity contribution in [3.63, 3.8) is 0 Å². The number of methoxy groups -OCH3 is 2. The lowest BCUT2D eigenvalue weighted by molar-refractivity contribution is -0.142. The molecule has 1 N–H and O–H groups in total. The Morgan fingerprint density at radius 2 is 1.57 bits per heavy atom. The first-order valence-electron chi connectivity index (χ1n) is 11.2. The van der Waals surface area contributed by atoms with E-state index in [1.807, 2.05) is 42.5 Å². The zero-order valence-corrected chi connectivity index (χ0v) is 20.4. The number of nitrogens with zero attached hydrogens (tertiary/aromatic N) is 1. The summed E-state index contributed by atoms with van der Waals surface area (Å²) in [5.74, 6) is -0.0183. The summed E-state index contributed by atoms with van der Waals surface area (Å²) >= 11 is 0. The predicted octanol–water partition coefficient (Wildman–Crippen LogP) is 5.45. The van der Waals surface area contributed by atoms with E-state index in [0.717, 1.165) is 11.4 Å². The van der Waals surface area contributed by atoms with Gasteiger partial charge in [-0.15, -0.1) is 0 Å². The summed E-state index contributed by atoms with van der Waals surface area (Å²) in [6.45, 7) is 3.84. The van der Waals surface area contributed by atoms with Gasteiger partial charge in [-0.3, -0.25) is 4.79 Å². The van der Waals surface area contributed by atoms with Gasteiger partial charge in [0.25, 0.3) is 5.91 Å². The summed E-state index contributed by atoms with van der Waals surface area (Å²) in [6.07, 6.45) is 2.79. The average molecular weight is 475 g/mol. The van der Waals surface area contributed by atoms with Crippen LogP contribution in [0, 0.1) is 0 Å². The largest absolute Gasteiger partial charge is 0.493 e. The number of carbonyl (C=O) groups is 2. The van der Waals surface area contributed by atoms with E-state index in [-0.39, 0.29) is 6.04 Å². The van der Waals surface area contributed by atoms with Gasteiger partial charge in [0.1, 0.15) is 0 Å². The smallest absolute Gasteiger partial charge is 0.331 e. The minimum atomic E-state index is -0.643. The number of esters is 1. The number of para-hydroxylation sites is 2. The van der Waals surface area contributed by atoms with E-state index in [9.17, 15) is 9.59 Å². The highest BCUT2D eigenvalue weighted by Gasteiger charge is 2.13. The second-order valence-electron chi connectivity index (χ2n) is 7.92. The third-order valence-corrected chi connectivity index (χ3v) is 5.16. The maximum Gasteiger partial charge on any atom is 0.331 e. The zero-order valence-electron chi connectivity index (χ0n) is 20.4. The molecule has 3 aromatic rings. The van der Waals surface area contributed by atoms with Crippen LogP contribution in [0.2, 0.25) is 0 Å². The summed E-state index contributed by atoms with van der Waals surface area (Å²) in [5.41, 5.74) is 3.36. The molecule has 7 nitrogen and oxygen atoms in total. The first kappa shape index (κ1) is 25.4. The van der Waals surface area contributed by atoms with Crippen molar-refractivity contribution >= 4 is 35.0 Å². The molecule has 0 saturated heterocycles. The molecule has 3 rings (SSSR count). The molecule has 7 heteroatoms. The van der Waals surface area contributed by atoms with Crippen LogP contribution in [0.1, 0.15) is 19.4 Å². The number of nitrogens with one attached hydrogen (secondary N) is 1. The molecule has 0 fully saturated rings. The zero-order chi connectivity index (χ0) is 25.2. The van der Waals surface area contributed by atoms with Gasteiger partial charge >= 0.3 is 5.97 Å². The van der Waals surface area contributed by atoms with E-state index in [1.54, 1.807) is 24.3 Å². The van der Waals surface area contributed by atoms with E-state index in [2.05, 4.69) is 36.2 Å². The van der Waals surface area contributed by atoms with E-state index >= 15 is 0 Å². The predicted molar refractivity (Wildman–Crippen MR) is 138 cm³/mol. The van der Waals surface area contributed by atoms with Crippen molar-refractivity contribution in [3.8, 4) is 11.5 Å². The molecule has 0 bridgehead atoms. The van der Waals surface area contributed by atoms with Gasteiger partial charge < -0.3 is 24.4 Å². The van der Waals surface area contributed by atoms with Gasteiger partial charge in [-0.2, -0.15) is 0 Å². The molecule has 0 atom stereocenters. The molecule has 35 heavy (non-hydrogen) atoms. The molecular formula is C28H30N2O5. The molecule has 0 unspecified atom stereocenters. The molecule has 0 spiro atoms. The molecule has 0 aromatic heterocycles. The van der Waals surface area contributed by atoms with Crippen molar-refractivity contribution in [2.24, 2.45) is 0 Å². The lowest BCUT2D eigenvalue weighted by Gasteiger charge is -2.29. The van der Waals surface area contributed by atoms with Gasteiger partial charge in [0.15, 0.2) is 18.1 Å². The fourth-order valence-corrected chi connectivity index (χ4v) is 3.62. The van der Waals surface area contributed by atoms with Crippen LogP contribution in [0.25, 0.3) is 6.08 Å². The van der Waals surface area contributed by atoms with Crippen LogP contribution in [-0.2, 0) is 14.3 Å². The highest BCUT2D eigenvalue weighted by atomic mass is 16.5. The quantitative estimate of drug-likeness (QED) is 0.311. The van der Waals surface area contributed by atoms with E-state index < -0.39 is 18.5 Å². The lowest BCUT2D eigenvalue weighted by atomic mass is 10.1. The molecule has 182 valence electrons. The number of carbonyl (C=O) groups excluding carboxylic acids is 2. The first-order valence-corrected chi connectivity index (χ1v) is 11.2. The van der Waals surface area contributed by atoms with Gasteiger partial charge in [-0.25, -0.2) is 4.79 Å². The van der Waals surface area contributed by atoms with Crippen molar-refractivity contribution in [2.75, 3.05) is 31.0 Å². The SMILES string of the molecule is COc1cccc(/C=C/C(=O)OCC(=O)Nc2ccc(N(c3ccccc3)C(C)C)cc2)c1OC. The number of ether oxygens (including phenoxy) is 3. The first-order chi connectivity index (χ1) is 16.9. The minimum Gasteiger partial charge on any atom is -0.493 e. The Hall–Kier alpha value is -4.26. The van der Waals surface area contributed by atoms with Crippen molar-refractivity contribution in [1.82, 2.24) is 0 Å². The molecule has 0 heterocycles. The Labute approximate surface area is 205 Å². The van der Waals surface area contributed by atoms with Crippen LogP contribution in [0.5, 0.6) is 11.5 Å². The van der Waals surface area contributed by atoms with E-state index in [4.69, 9.17) is 14.2 Å². The average Bonchev–Trinajstić information content (AvgIpc) is 2.87. The molecule has 1 amide bonds. The Morgan fingerprint density at radius 1 is 0.886 bits per heavy atom. The topological polar surface area (TPSA) is 77.1 Å². The lowest BCUT2D eigenvalue weighted by Crippen LogP contribution is -2.25. The minimum absolute atomic E-state index is 0.252. The Bertz CT molecular complexity index is 1160. The fraction of sp³-hybridized carbons (Fsp3) is 0.214. The van der Waals surface area contributed by atoms with Crippen LogP contribution in [0.4, 0.5) is 17.1 Å². The van der Waals surface area contributed by atoms with Crippen LogP contribution in [-0.4, -0.2) is 38.7 Å². The summed E-state index contributed by atoms with van der Waals surface area (Å²) in [6, 6.07) is 23.2. The summed E-state index contributed by atoms with van der Waals surface area (Å²) in [7, 11) is 3.06. The standard InChI is InChI=1S/C28H30N2O5/c1-20(2)30(23-10-6-5-7-11-23)24-16-14-22(15-17-24)29-26(31)19-35-27(32)18-13-21-9-8-12-25(33-3)28(21)34-4/h5-18,20H,19H2,1-4H3,(H,29,31)/b18-13+. The molecule has 0 aliphatic rings. The van der Waals surface area contributed by atoms with Gasteiger partial charge in [0, 0.05) is 34.7 Å². The fourth-order valence-electron chi connectivity index (χ4n) is 3.62. The molecule has 0 saturated carbocycles. The van der Waals surface area contributed by atoms with Gasteiger partial charge in [-0.1, -0.05) is 30.3 Å².